The van der Waals surface area contributed by atoms with E-state index in [1.165, 1.54) is 12.8 Å². The Bertz CT molecular complexity index is 317. The van der Waals surface area contributed by atoms with Crippen molar-refractivity contribution in [2.45, 2.75) is 32.7 Å². The molecule has 1 rings (SSSR count). The zero-order valence-corrected chi connectivity index (χ0v) is 11.6. The van der Waals surface area contributed by atoms with Gasteiger partial charge in [-0.2, -0.15) is 0 Å². The zero-order chi connectivity index (χ0) is 13.2. The summed E-state index contributed by atoms with van der Waals surface area (Å²) in [6.45, 7) is 5.18. The van der Waals surface area contributed by atoms with E-state index in [4.69, 9.17) is 9.15 Å². The van der Waals surface area contributed by atoms with Gasteiger partial charge in [-0.05, 0) is 6.42 Å². The van der Waals surface area contributed by atoms with E-state index in [9.17, 15) is 0 Å². The molecule has 6 nitrogen and oxygen atoms in total. The first kappa shape index (κ1) is 14.9. The summed E-state index contributed by atoms with van der Waals surface area (Å²) in [4.78, 5) is 2.00. The summed E-state index contributed by atoms with van der Waals surface area (Å²) in [5.41, 5.74) is 0. The van der Waals surface area contributed by atoms with Crippen LogP contribution in [0.5, 0.6) is 0 Å². The summed E-state index contributed by atoms with van der Waals surface area (Å²) in [5, 5.41) is 11.2. The van der Waals surface area contributed by atoms with Crippen molar-refractivity contribution >= 4 is 6.01 Å². The van der Waals surface area contributed by atoms with Crippen LogP contribution < -0.4 is 10.2 Å². The maximum absolute atomic E-state index is 5.56. The van der Waals surface area contributed by atoms with Crippen molar-refractivity contribution < 1.29 is 9.15 Å². The molecule has 104 valence electrons. The highest BCUT2D eigenvalue weighted by atomic mass is 16.5. The van der Waals surface area contributed by atoms with E-state index in [2.05, 4.69) is 22.4 Å². The lowest BCUT2D eigenvalue weighted by Crippen LogP contribution is -2.19. The van der Waals surface area contributed by atoms with Crippen LogP contribution in [0, 0.1) is 0 Å². The SMILES string of the molecule is CCCCCN(C)c1nnc(CNCCOC)o1. The van der Waals surface area contributed by atoms with Crippen molar-refractivity contribution in [1.82, 2.24) is 15.5 Å². The number of anilines is 1. The van der Waals surface area contributed by atoms with E-state index in [1.807, 2.05) is 11.9 Å². The molecule has 0 bridgehead atoms. The molecule has 0 aliphatic heterocycles. The first-order valence-corrected chi connectivity index (χ1v) is 6.51. The molecule has 1 aromatic rings. The number of ether oxygens (including phenoxy) is 1. The molecule has 0 aromatic carbocycles. The van der Waals surface area contributed by atoms with Gasteiger partial charge in [0.05, 0.1) is 13.2 Å². The molecule has 6 heteroatoms. The minimum Gasteiger partial charge on any atom is -0.407 e. The molecule has 1 heterocycles. The minimum atomic E-state index is 0.582. The third-order valence-corrected chi connectivity index (χ3v) is 2.64. The van der Waals surface area contributed by atoms with E-state index in [0.29, 0.717) is 25.1 Å². The Kier molecular flexibility index (Phi) is 7.36. The van der Waals surface area contributed by atoms with E-state index in [-0.39, 0.29) is 0 Å². The summed E-state index contributed by atoms with van der Waals surface area (Å²) in [6, 6.07) is 0.592. The average molecular weight is 256 g/mol. The summed E-state index contributed by atoms with van der Waals surface area (Å²) in [5.74, 6) is 0.614. The summed E-state index contributed by atoms with van der Waals surface area (Å²) < 4.78 is 10.5. The van der Waals surface area contributed by atoms with Gasteiger partial charge in [-0.15, -0.1) is 5.10 Å². The number of nitrogens with one attached hydrogen (secondary N) is 1. The predicted octanol–water partition coefficient (Wildman–Crippen LogP) is 1.43. The molecule has 0 aliphatic carbocycles. The molecule has 18 heavy (non-hydrogen) atoms. The number of hydrogen-bond donors (Lipinski definition) is 1. The van der Waals surface area contributed by atoms with Gasteiger partial charge in [0.1, 0.15) is 0 Å². The second-order valence-electron chi connectivity index (χ2n) is 4.28. The van der Waals surface area contributed by atoms with Crippen LogP contribution in [-0.4, -0.2) is 44.1 Å². The maximum Gasteiger partial charge on any atom is 0.317 e. The lowest BCUT2D eigenvalue weighted by Gasteiger charge is -2.12. The Balaban J connectivity index is 2.28. The lowest BCUT2D eigenvalue weighted by atomic mass is 10.2. The summed E-state index contributed by atoms with van der Waals surface area (Å²) >= 11 is 0. The fourth-order valence-corrected chi connectivity index (χ4v) is 1.53. The Morgan fingerprint density at radius 1 is 1.33 bits per heavy atom. The molecule has 0 atom stereocenters. The maximum atomic E-state index is 5.56. The van der Waals surface area contributed by atoms with Crippen molar-refractivity contribution in [1.29, 1.82) is 0 Å². The molecule has 0 spiro atoms. The van der Waals surface area contributed by atoms with E-state index in [1.54, 1.807) is 7.11 Å². The van der Waals surface area contributed by atoms with Crippen molar-refractivity contribution in [2.24, 2.45) is 0 Å². The molecule has 0 saturated carbocycles. The van der Waals surface area contributed by atoms with Crippen molar-refractivity contribution in [3.8, 4) is 0 Å². The Morgan fingerprint density at radius 2 is 2.17 bits per heavy atom. The Hall–Kier alpha value is -1.14. The van der Waals surface area contributed by atoms with E-state index in [0.717, 1.165) is 19.5 Å². The molecule has 0 fully saturated rings. The Morgan fingerprint density at radius 3 is 2.89 bits per heavy atom. The largest absolute Gasteiger partial charge is 0.407 e. The normalized spacial score (nSPS) is 10.8. The van der Waals surface area contributed by atoms with Crippen LogP contribution in [0.2, 0.25) is 0 Å². The Labute approximate surface area is 109 Å². The fraction of sp³-hybridized carbons (Fsp3) is 0.833. The second kappa shape index (κ2) is 8.88. The fourth-order valence-electron chi connectivity index (χ4n) is 1.53. The quantitative estimate of drug-likeness (QED) is 0.639. The molecule has 0 saturated heterocycles. The number of rotatable bonds is 10. The van der Waals surface area contributed by atoms with Gasteiger partial charge in [-0.25, -0.2) is 0 Å². The first-order chi connectivity index (χ1) is 8.77. The van der Waals surface area contributed by atoms with Gasteiger partial charge in [0.25, 0.3) is 0 Å². The number of aromatic nitrogens is 2. The average Bonchev–Trinajstić information content (AvgIpc) is 2.84. The van der Waals surface area contributed by atoms with Gasteiger partial charge >= 0.3 is 6.01 Å². The van der Waals surface area contributed by atoms with Gasteiger partial charge < -0.3 is 19.4 Å². The molecule has 0 amide bonds. The molecular formula is C12H24N4O2. The molecule has 0 radical (unpaired) electrons. The smallest absolute Gasteiger partial charge is 0.317 e. The highest BCUT2D eigenvalue weighted by molar-refractivity contribution is 5.21. The molecule has 1 N–H and O–H groups in total. The van der Waals surface area contributed by atoms with Crippen LogP contribution in [-0.2, 0) is 11.3 Å². The van der Waals surface area contributed by atoms with Gasteiger partial charge in [0.15, 0.2) is 0 Å². The van der Waals surface area contributed by atoms with Gasteiger partial charge in [0, 0.05) is 27.2 Å². The third kappa shape index (κ3) is 5.46. The monoisotopic (exact) mass is 256 g/mol. The van der Waals surface area contributed by atoms with Crippen LogP contribution in [0.25, 0.3) is 0 Å². The number of unbranched alkanes of at least 4 members (excludes halogenated alkanes) is 2. The zero-order valence-electron chi connectivity index (χ0n) is 11.6. The van der Waals surface area contributed by atoms with Crippen molar-refractivity contribution in [3.63, 3.8) is 0 Å². The minimum absolute atomic E-state index is 0.582. The third-order valence-electron chi connectivity index (χ3n) is 2.64. The summed E-state index contributed by atoms with van der Waals surface area (Å²) in [6.07, 6.45) is 3.59. The topological polar surface area (TPSA) is 63.4 Å². The molecular weight excluding hydrogens is 232 g/mol. The number of hydrogen-bond acceptors (Lipinski definition) is 6. The first-order valence-electron chi connectivity index (χ1n) is 6.51. The van der Waals surface area contributed by atoms with Crippen molar-refractivity contribution in [2.75, 3.05) is 38.8 Å². The number of methoxy groups -OCH3 is 1. The van der Waals surface area contributed by atoms with E-state index < -0.39 is 0 Å². The van der Waals surface area contributed by atoms with E-state index >= 15 is 0 Å². The molecule has 0 unspecified atom stereocenters. The molecule has 1 aromatic heterocycles. The van der Waals surface area contributed by atoms with Crippen LogP contribution >= 0.6 is 0 Å². The van der Waals surface area contributed by atoms with Crippen LogP contribution in [0.4, 0.5) is 6.01 Å². The van der Waals surface area contributed by atoms with Crippen LogP contribution in [0.15, 0.2) is 4.42 Å². The summed E-state index contributed by atoms with van der Waals surface area (Å²) in [7, 11) is 3.66. The standard InChI is InChI=1S/C12H24N4O2/c1-4-5-6-8-16(2)12-15-14-11(18-12)10-13-7-9-17-3/h13H,4-10H2,1-3H3. The van der Waals surface area contributed by atoms with Crippen molar-refractivity contribution in [3.05, 3.63) is 5.89 Å². The lowest BCUT2D eigenvalue weighted by molar-refractivity contribution is 0.198. The van der Waals surface area contributed by atoms with Gasteiger partial charge in [-0.1, -0.05) is 24.9 Å². The van der Waals surface area contributed by atoms with Crippen LogP contribution in [0.3, 0.4) is 0 Å². The second-order valence-corrected chi connectivity index (χ2v) is 4.28. The highest BCUT2D eigenvalue weighted by Gasteiger charge is 2.09. The number of nitrogens with zero attached hydrogens (tertiary/aromatic N) is 3. The van der Waals surface area contributed by atoms with Crippen LogP contribution in [0.1, 0.15) is 32.1 Å². The van der Waals surface area contributed by atoms with Gasteiger partial charge in [-0.3, -0.25) is 0 Å². The predicted molar refractivity (Wildman–Crippen MR) is 70.7 cm³/mol. The van der Waals surface area contributed by atoms with Gasteiger partial charge in [0.2, 0.25) is 5.89 Å². The highest BCUT2D eigenvalue weighted by Crippen LogP contribution is 2.11. The molecule has 0 aliphatic rings.